The highest BCUT2D eigenvalue weighted by Crippen LogP contribution is 2.32. The topological polar surface area (TPSA) is 117 Å². The monoisotopic (exact) mass is 437 g/mol. The van der Waals surface area contributed by atoms with Crippen LogP contribution in [-0.2, 0) is 14.4 Å². The molecule has 0 radical (unpaired) electrons. The van der Waals surface area contributed by atoms with Gasteiger partial charge in [0.1, 0.15) is 5.71 Å². The molecule has 0 aromatic heterocycles. The predicted octanol–water partition coefficient (Wildman–Crippen LogP) is 2.24. The highest BCUT2D eigenvalue weighted by molar-refractivity contribution is 7.80. The maximum absolute atomic E-state index is 13.3. The van der Waals surface area contributed by atoms with E-state index in [1.807, 2.05) is 38.1 Å². The van der Waals surface area contributed by atoms with Crippen LogP contribution in [0.25, 0.3) is 0 Å². The fourth-order valence-electron chi connectivity index (χ4n) is 3.63. The molecule has 0 aliphatic carbocycles. The van der Waals surface area contributed by atoms with Crippen molar-refractivity contribution in [3.05, 3.63) is 58.7 Å². The average molecular weight is 438 g/mol. The molecule has 8 nitrogen and oxygen atoms in total. The first-order chi connectivity index (χ1) is 14.6. The van der Waals surface area contributed by atoms with Gasteiger partial charge in [-0.2, -0.15) is 5.10 Å². The van der Waals surface area contributed by atoms with Gasteiger partial charge in [-0.25, -0.2) is 4.90 Å². The molecule has 4 N–H and O–H groups in total. The molecule has 3 rings (SSSR count). The third kappa shape index (κ3) is 4.17. The zero-order valence-corrected chi connectivity index (χ0v) is 18.5. The molecular formula is C22H23N5O3S. The first-order valence-electron chi connectivity index (χ1n) is 9.58. The van der Waals surface area contributed by atoms with Gasteiger partial charge in [0.15, 0.2) is 11.0 Å². The lowest BCUT2D eigenvalue weighted by atomic mass is 10.0. The van der Waals surface area contributed by atoms with Gasteiger partial charge in [0.2, 0.25) is 5.91 Å². The number of thiocarbonyl (C=S) groups is 1. The number of para-hydroxylation sites is 2. The van der Waals surface area contributed by atoms with Gasteiger partial charge < -0.3 is 11.1 Å². The lowest BCUT2D eigenvalue weighted by Crippen LogP contribution is -2.36. The first kappa shape index (κ1) is 22.1. The number of anilines is 2. The van der Waals surface area contributed by atoms with Gasteiger partial charge >= 0.3 is 0 Å². The van der Waals surface area contributed by atoms with Gasteiger partial charge in [-0.05, 0) is 62.2 Å². The third-order valence-electron chi connectivity index (χ3n) is 5.10. The van der Waals surface area contributed by atoms with Crippen molar-refractivity contribution in [3.63, 3.8) is 0 Å². The average Bonchev–Trinajstić information content (AvgIpc) is 2.93. The number of carbonyl (C=O) groups is 3. The molecule has 1 fully saturated rings. The van der Waals surface area contributed by atoms with E-state index in [1.54, 1.807) is 26.0 Å². The maximum atomic E-state index is 13.3. The highest BCUT2D eigenvalue weighted by atomic mass is 32.1. The van der Waals surface area contributed by atoms with E-state index in [4.69, 9.17) is 18.0 Å². The largest absolute Gasteiger partial charge is 0.375 e. The standard InChI is InChI=1S/C22H23N5O3S/c1-11-7-5-8-12(2)16(11)24-19(28)15-17(25-26-22(23)31)21(30)27(20(15)29)18-13(3)9-6-10-14(18)4/h5-10,15H,1-4H3,(H,24,28)(H3,23,26,31)/b25-17+/t15-/m1/s1. The number of rotatable bonds is 4. The SMILES string of the molecule is Cc1cccc(C)c1NC(=O)[C@@H]1C(=O)N(c2c(C)cccc2C)C(=O)/C1=N/NC(N)=S. The molecule has 31 heavy (non-hydrogen) atoms. The molecule has 0 bridgehead atoms. The number of benzene rings is 2. The third-order valence-corrected chi connectivity index (χ3v) is 5.20. The first-order valence-corrected chi connectivity index (χ1v) is 9.99. The van der Waals surface area contributed by atoms with E-state index in [0.717, 1.165) is 27.2 Å². The Kier molecular flexibility index (Phi) is 6.16. The minimum Gasteiger partial charge on any atom is -0.375 e. The molecule has 0 saturated carbocycles. The van der Waals surface area contributed by atoms with Crippen LogP contribution in [-0.4, -0.2) is 28.5 Å². The van der Waals surface area contributed by atoms with Gasteiger partial charge in [0.05, 0.1) is 5.69 Å². The molecular weight excluding hydrogens is 414 g/mol. The van der Waals surface area contributed by atoms with E-state index in [1.165, 1.54) is 0 Å². The van der Waals surface area contributed by atoms with E-state index < -0.39 is 23.6 Å². The van der Waals surface area contributed by atoms with Gasteiger partial charge in [0.25, 0.3) is 11.8 Å². The molecule has 9 heteroatoms. The number of aryl methyl sites for hydroxylation is 4. The zero-order chi connectivity index (χ0) is 22.9. The Hall–Kier alpha value is -3.59. The van der Waals surface area contributed by atoms with Crippen LogP contribution in [0, 0.1) is 33.6 Å². The normalized spacial score (nSPS) is 17.2. The van der Waals surface area contributed by atoms with Crippen molar-refractivity contribution in [2.75, 3.05) is 10.2 Å². The lowest BCUT2D eigenvalue weighted by Gasteiger charge is -2.19. The summed E-state index contributed by atoms with van der Waals surface area (Å²) in [6, 6.07) is 11.0. The summed E-state index contributed by atoms with van der Waals surface area (Å²) < 4.78 is 0. The van der Waals surface area contributed by atoms with Gasteiger partial charge in [-0.1, -0.05) is 36.4 Å². The van der Waals surface area contributed by atoms with Crippen molar-refractivity contribution < 1.29 is 14.4 Å². The molecule has 1 atom stereocenters. The number of nitrogens with two attached hydrogens (primary N) is 1. The molecule has 0 unspecified atom stereocenters. The van der Waals surface area contributed by atoms with Crippen molar-refractivity contribution in [1.29, 1.82) is 0 Å². The molecule has 1 aliphatic rings. The molecule has 2 aromatic carbocycles. The van der Waals surface area contributed by atoms with E-state index >= 15 is 0 Å². The Bertz CT molecular complexity index is 1100. The summed E-state index contributed by atoms with van der Waals surface area (Å²) in [5.41, 5.74) is 11.6. The van der Waals surface area contributed by atoms with E-state index in [9.17, 15) is 14.4 Å². The number of carbonyl (C=O) groups excluding carboxylic acids is 3. The summed E-state index contributed by atoms with van der Waals surface area (Å²) in [5, 5.41) is 6.50. The van der Waals surface area contributed by atoms with Crippen LogP contribution in [0.4, 0.5) is 11.4 Å². The zero-order valence-electron chi connectivity index (χ0n) is 17.6. The van der Waals surface area contributed by atoms with Crippen LogP contribution in [0.2, 0.25) is 0 Å². The number of nitrogens with one attached hydrogen (secondary N) is 2. The van der Waals surface area contributed by atoms with Crippen LogP contribution < -0.4 is 21.4 Å². The number of amides is 3. The second-order valence-electron chi connectivity index (χ2n) is 7.38. The summed E-state index contributed by atoms with van der Waals surface area (Å²) in [6.45, 7) is 7.27. The summed E-state index contributed by atoms with van der Waals surface area (Å²) >= 11 is 4.76. The number of imide groups is 1. The van der Waals surface area contributed by atoms with Crippen LogP contribution >= 0.6 is 12.2 Å². The Morgan fingerprint density at radius 1 is 1.00 bits per heavy atom. The molecule has 1 aliphatic heterocycles. The van der Waals surface area contributed by atoms with Crippen molar-refractivity contribution in [2.45, 2.75) is 27.7 Å². The van der Waals surface area contributed by atoms with Crippen molar-refractivity contribution >= 4 is 52.1 Å². The lowest BCUT2D eigenvalue weighted by molar-refractivity contribution is -0.127. The molecule has 2 aromatic rings. The Labute approximate surface area is 185 Å². The second kappa shape index (κ2) is 8.65. The quantitative estimate of drug-likeness (QED) is 0.292. The second-order valence-corrected chi connectivity index (χ2v) is 7.82. The highest BCUT2D eigenvalue weighted by Gasteiger charge is 2.50. The number of hydrazone groups is 1. The molecule has 3 amide bonds. The van der Waals surface area contributed by atoms with Crippen LogP contribution in [0.1, 0.15) is 22.3 Å². The Balaban J connectivity index is 2.07. The van der Waals surface area contributed by atoms with E-state index in [2.05, 4.69) is 15.8 Å². The fourth-order valence-corrected chi connectivity index (χ4v) is 3.67. The molecule has 1 heterocycles. The molecule has 1 saturated heterocycles. The maximum Gasteiger partial charge on any atom is 0.282 e. The van der Waals surface area contributed by atoms with Crippen molar-refractivity contribution in [1.82, 2.24) is 5.43 Å². The fraction of sp³-hybridized carbons (Fsp3) is 0.227. The Morgan fingerprint density at radius 3 is 2.03 bits per heavy atom. The summed E-state index contributed by atoms with van der Waals surface area (Å²) in [4.78, 5) is 40.7. The van der Waals surface area contributed by atoms with Crippen LogP contribution in [0.15, 0.2) is 41.5 Å². The van der Waals surface area contributed by atoms with Gasteiger partial charge in [-0.15, -0.1) is 0 Å². The smallest absolute Gasteiger partial charge is 0.282 e. The van der Waals surface area contributed by atoms with Crippen LogP contribution in [0.3, 0.4) is 0 Å². The van der Waals surface area contributed by atoms with Crippen molar-refractivity contribution in [2.24, 2.45) is 16.8 Å². The minimum absolute atomic E-state index is 0.188. The summed E-state index contributed by atoms with van der Waals surface area (Å²) in [5.74, 6) is -3.50. The van der Waals surface area contributed by atoms with E-state index in [0.29, 0.717) is 11.4 Å². The Morgan fingerprint density at radius 2 is 1.52 bits per heavy atom. The summed E-state index contributed by atoms with van der Waals surface area (Å²) in [6.07, 6.45) is 0. The molecule has 160 valence electrons. The van der Waals surface area contributed by atoms with Crippen molar-refractivity contribution in [3.8, 4) is 0 Å². The number of nitrogens with zero attached hydrogens (tertiary/aromatic N) is 2. The van der Waals surface area contributed by atoms with E-state index in [-0.39, 0.29) is 10.8 Å². The number of hydrogen-bond donors (Lipinski definition) is 3. The van der Waals surface area contributed by atoms with Gasteiger partial charge in [-0.3, -0.25) is 19.8 Å². The minimum atomic E-state index is -1.45. The predicted molar refractivity (Wildman–Crippen MR) is 124 cm³/mol. The molecule has 0 spiro atoms. The number of hydrogen-bond acceptors (Lipinski definition) is 5. The summed E-state index contributed by atoms with van der Waals surface area (Å²) in [7, 11) is 0. The van der Waals surface area contributed by atoms with Crippen LogP contribution in [0.5, 0.6) is 0 Å². The van der Waals surface area contributed by atoms with Gasteiger partial charge in [0, 0.05) is 5.69 Å².